The third-order valence-corrected chi connectivity index (χ3v) is 5.16. The molecule has 1 unspecified atom stereocenters. The highest BCUT2D eigenvalue weighted by molar-refractivity contribution is 7.89. The third-order valence-electron chi connectivity index (χ3n) is 3.69. The van der Waals surface area contributed by atoms with Crippen LogP contribution in [0.2, 0.25) is 0 Å². The van der Waals surface area contributed by atoms with E-state index in [1.165, 1.54) is 19.2 Å². The van der Waals surface area contributed by atoms with Gasteiger partial charge in [-0.3, -0.25) is 0 Å². The average molecular weight is 337 g/mol. The van der Waals surface area contributed by atoms with E-state index in [1.54, 1.807) is 6.07 Å². The summed E-state index contributed by atoms with van der Waals surface area (Å²) in [4.78, 5) is -0.139. The van der Waals surface area contributed by atoms with Crippen molar-refractivity contribution in [2.24, 2.45) is 0 Å². The number of para-hydroxylation sites is 1. The summed E-state index contributed by atoms with van der Waals surface area (Å²) >= 11 is 0. The van der Waals surface area contributed by atoms with Gasteiger partial charge in [-0.05, 0) is 24.3 Å². The van der Waals surface area contributed by atoms with Gasteiger partial charge in [0.15, 0.2) is 11.6 Å². The van der Waals surface area contributed by atoms with E-state index < -0.39 is 21.9 Å². The van der Waals surface area contributed by atoms with Crippen LogP contribution < -0.4 is 14.2 Å². The molecule has 2 aromatic carbocycles. The van der Waals surface area contributed by atoms with Crippen molar-refractivity contribution in [3.63, 3.8) is 0 Å². The first kappa shape index (κ1) is 15.8. The van der Waals surface area contributed by atoms with Crippen molar-refractivity contribution in [3.8, 4) is 11.5 Å². The van der Waals surface area contributed by atoms with E-state index in [9.17, 15) is 12.8 Å². The Balaban J connectivity index is 1.89. The predicted molar refractivity (Wildman–Crippen MR) is 82.6 cm³/mol. The highest BCUT2D eigenvalue weighted by Gasteiger charge is 2.27. The summed E-state index contributed by atoms with van der Waals surface area (Å²) in [6.07, 6.45) is 0.509. The van der Waals surface area contributed by atoms with Crippen LogP contribution in [-0.4, -0.2) is 22.1 Å². The molecule has 23 heavy (non-hydrogen) atoms. The van der Waals surface area contributed by atoms with Crippen molar-refractivity contribution < 1.29 is 22.3 Å². The average Bonchev–Trinajstić information content (AvgIpc) is 2.55. The van der Waals surface area contributed by atoms with Crippen LogP contribution in [0.15, 0.2) is 47.4 Å². The standard InChI is InChI=1S/C16H16FNO4S/c1-21-16-7-6-11(10-13(16)17)23(19,20)18-14-8-9-22-15-5-3-2-4-12(14)15/h2-7,10,14,18H,8-9H2,1H3. The first-order valence-corrected chi connectivity index (χ1v) is 8.57. The van der Waals surface area contributed by atoms with Crippen LogP contribution in [0.5, 0.6) is 11.5 Å². The second-order valence-electron chi connectivity index (χ2n) is 5.15. The molecule has 0 saturated heterocycles. The Labute approximate surface area is 134 Å². The van der Waals surface area contributed by atoms with Crippen LogP contribution in [-0.2, 0) is 10.0 Å². The van der Waals surface area contributed by atoms with Gasteiger partial charge in [-0.2, -0.15) is 0 Å². The number of hydrogen-bond donors (Lipinski definition) is 1. The van der Waals surface area contributed by atoms with Gasteiger partial charge in [0.2, 0.25) is 10.0 Å². The zero-order valence-electron chi connectivity index (χ0n) is 12.5. The molecule has 0 fully saturated rings. The number of nitrogens with one attached hydrogen (secondary N) is 1. The van der Waals surface area contributed by atoms with Crippen molar-refractivity contribution in [1.82, 2.24) is 4.72 Å². The van der Waals surface area contributed by atoms with E-state index in [0.717, 1.165) is 11.6 Å². The molecule has 0 aromatic heterocycles. The number of ether oxygens (including phenoxy) is 2. The Morgan fingerprint density at radius 2 is 2.04 bits per heavy atom. The van der Waals surface area contributed by atoms with Crippen molar-refractivity contribution in [1.29, 1.82) is 0 Å². The van der Waals surface area contributed by atoms with E-state index in [-0.39, 0.29) is 10.6 Å². The molecule has 0 saturated carbocycles. The van der Waals surface area contributed by atoms with Gasteiger partial charge in [-0.1, -0.05) is 18.2 Å². The molecule has 0 radical (unpaired) electrons. The fourth-order valence-electron chi connectivity index (χ4n) is 2.53. The fourth-order valence-corrected chi connectivity index (χ4v) is 3.80. The predicted octanol–water partition coefficient (Wildman–Crippen LogP) is 2.64. The Morgan fingerprint density at radius 1 is 1.26 bits per heavy atom. The van der Waals surface area contributed by atoms with E-state index in [1.807, 2.05) is 18.2 Å². The fraction of sp³-hybridized carbons (Fsp3) is 0.250. The molecule has 122 valence electrons. The van der Waals surface area contributed by atoms with E-state index in [2.05, 4.69) is 4.72 Å². The van der Waals surface area contributed by atoms with Crippen molar-refractivity contribution in [3.05, 3.63) is 53.8 Å². The van der Waals surface area contributed by atoms with Crippen LogP contribution in [0.25, 0.3) is 0 Å². The number of fused-ring (bicyclic) bond motifs is 1. The molecule has 0 aliphatic carbocycles. The molecule has 1 heterocycles. The minimum absolute atomic E-state index is 0.000335. The molecule has 2 aromatic rings. The minimum Gasteiger partial charge on any atom is -0.494 e. The molecular formula is C16H16FNO4S. The lowest BCUT2D eigenvalue weighted by atomic mass is 10.0. The lowest BCUT2D eigenvalue weighted by Gasteiger charge is -2.26. The molecule has 0 spiro atoms. The second-order valence-corrected chi connectivity index (χ2v) is 6.86. The monoisotopic (exact) mass is 337 g/mol. The number of halogens is 1. The van der Waals surface area contributed by atoms with Crippen LogP contribution in [0, 0.1) is 5.82 Å². The molecule has 5 nitrogen and oxygen atoms in total. The Morgan fingerprint density at radius 3 is 2.78 bits per heavy atom. The normalized spacial score (nSPS) is 17.2. The quantitative estimate of drug-likeness (QED) is 0.931. The number of benzene rings is 2. The van der Waals surface area contributed by atoms with Crippen LogP contribution in [0.3, 0.4) is 0 Å². The van der Waals surface area contributed by atoms with Gasteiger partial charge in [-0.15, -0.1) is 0 Å². The van der Waals surface area contributed by atoms with Gasteiger partial charge in [0.05, 0.1) is 24.7 Å². The minimum atomic E-state index is -3.85. The van der Waals surface area contributed by atoms with Crippen molar-refractivity contribution >= 4 is 10.0 Å². The van der Waals surface area contributed by atoms with Crippen molar-refractivity contribution in [2.75, 3.05) is 13.7 Å². The van der Waals surface area contributed by atoms with Crippen LogP contribution in [0.1, 0.15) is 18.0 Å². The van der Waals surface area contributed by atoms with Gasteiger partial charge in [0.25, 0.3) is 0 Å². The molecule has 7 heteroatoms. The summed E-state index contributed by atoms with van der Waals surface area (Å²) in [6, 6.07) is 10.4. The van der Waals surface area contributed by atoms with Gasteiger partial charge in [0, 0.05) is 12.0 Å². The van der Waals surface area contributed by atoms with E-state index in [4.69, 9.17) is 9.47 Å². The molecule has 1 aliphatic rings. The largest absolute Gasteiger partial charge is 0.494 e. The summed E-state index contributed by atoms with van der Waals surface area (Å²) in [5, 5.41) is 0. The topological polar surface area (TPSA) is 64.6 Å². The number of sulfonamides is 1. The highest BCUT2D eigenvalue weighted by Crippen LogP contribution is 2.33. The highest BCUT2D eigenvalue weighted by atomic mass is 32.2. The second kappa shape index (κ2) is 6.17. The van der Waals surface area contributed by atoms with Crippen LogP contribution >= 0.6 is 0 Å². The smallest absolute Gasteiger partial charge is 0.241 e. The maximum Gasteiger partial charge on any atom is 0.241 e. The number of methoxy groups -OCH3 is 1. The Kier molecular flexibility index (Phi) is 4.23. The summed E-state index contributed by atoms with van der Waals surface area (Å²) < 4.78 is 51.7. The summed E-state index contributed by atoms with van der Waals surface area (Å²) in [7, 11) is -2.53. The first-order valence-electron chi connectivity index (χ1n) is 7.09. The summed E-state index contributed by atoms with van der Waals surface area (Å²) in [6.45, 7) is 0.418. The van der Waals surface area contributed by atoms with Gasteiger partial charge in [-0.25, -0.2) is 17.5 Å². The third kappa shape index (κ3) is 3.16. The molecule has 1 atom stereocenters. The van der Waals surface area contributed by atoms with E-state index in [0.29, 0.717) is 18.8 Å². The maximum atomic E-state index is 13.8. The zero-order valence-corrected chi connectivity index (χ0v) is 13.3. The maximum absolute atomic E-state index is 13.8. The molecule has 0 amide bonds. The summed E-state index contributed by atoms with van der Waals surface area (Å²) in [5.41, 5.74) is 0.774. The molecule has 1 aliphatic heterocycles. The molecule has 0 bridgehead atoms. The SMILES string of the molecule is COc1ccc(S(=O)(=O)NC2CCOc3ccccc32)cc1F. The van der Waals surface area contributed by atoms with Gasteiger partial charge >= 0.3 is 0 Å². The molecule has 1 N–H and O–H groups in total. The number of rotatable bonds is 4. The van der Waals surface area contributed by atoms with Gasteiger partial charge in [0.1, 0.15) is 5.75 Å². The van der Waals surface area contributed by atoms with Gasteiger partial charge < -0.3 is 9.47 Å². The van der Waals surface area contributed by atoms with Crippen LogP contribution in [0.4, 0.5) is 4.39 Å². The van der Waals surface area contributed by atoms with Crippen molar-refractivity contribution in [2.45, 2.75) is 17.4 Å². The Hall–Kier alpha value is -2.12. The zero-order chi connectivity index (χ0) is 16.4. The number of hydrogen-bond acceptors (Lipinski definition) is 4. The molecular weight excluding hydrogens is 321 g/mol. The molecule has 3 rings (SSSR count). The Bertz CT molecular complexity index is 823. The first-order chi connectivity index (χ1) is 11.0. The lowest BCUT2D eigenvalue weighted by molar-refractivity contribution is 0.263. The summed E-state index contributed by atoms with van der Waals surface area (Å²) in [5.74, 6) is -0.0597. The van der Waals surface area contributed by atoms with E-state index >= 15 is 0 Å². The lowest BCUT2D eigenvalue weighted by Crippen LogP contribution is -2.32.